The number of hydrazone groups is 1. The Morgan fingerprint density at radius 2 is 1.62 bits per heavy atom. The molecule has 1 aliphatic heterocycles. The molecule has 0 bridgehead atoms. The predicted octanol–water partition coefficient (Wildman–Crippen LogP) is 7.99. The summed E-state index contributed by atoms with van der Waals surface area (Å²) in [5.41, 5.74) is 5.49. The summed E-state index contributed by atoms with van der Waals surface area (Å²) in [5, 5.41) is 6.20. The van der Waals surface area contributed by atoms with E-state index in [9.17, 15) is 4.79 Å². The number of allylic oxidation sites excluding steroid dienone is 1. The van der Waals surface area contributed by atoms with Gasteiger partial charge in [-0.1, -0.05) is 82.7 Å². The van der Waals surface area contributed by atoms with Crippen molar-refractivity contribution in [1.29, 1.82) is 0 Å². The summed E-state index contributed by atoms with van der Waals surface area (Å²) >= 11 is 3.48. The second-order valence-electron chi connectivity index (χ2n) is 9.17. The van der Waals surface area contributed by atoms with Crippen LogP contribution in [0, 0.1) is 0 Å². The normalized spacial score (nSPS) is 13.8. The molecule has 1 amide bonds. The van der Waals surface area contributed by atoms with E-state index in [1.807, 2.05) is 116 Å². The Morgan fingerprint density at radius 3 is 2.30 bits per heavy atom. The van der Waals surface area contributed by atoms with Crippen molar-refractivity contribution in [1.82, 2.24) is 0 Å². The largest absolute Gasteiger partial charge is 0.490 e. The number of para-hydroxylation sites is 1. The first-order valence-corrected chi connectivity index (χ1v) is 13.9. The highest BCUT2D eigenvalue weighted by atomic mass is 79.9. The van der Waals surface area contributed by atoms with Crippen LogP contribution in [0.3, 0.4) is 0 Å². The predicted molar refractivity (Wildman–Crippen MR) is 165 cm³/mol. The Balaban J connectivity index is 1.56. The van der Waals surface area contributed by atoms with Crippen LogP contribution >= 0.6 is 15.9 Å². The number of anilines is 1. The Hall–Kier alpha value is -4.42. The molecule has 40 heavy (non-hydrogen) atoms. The second kappa shape index (κ2) is 12.6. The van der Waals surface area contributed by atoms with Crippen LogP contribution in [0.1, 0.15) is 29.2 Å². The van der Waals surface area contributed by atoms with E-state index < -0.39 is 0 Å². The monoisotopic (exact) mass is 592 g/mol. The average Bonchev–Trinajstić information content (AvgIpc) is 3.30. The fourth-order valence-electron chi connectivity index (χ4n) is 4.50. The van der Waals surface area contributed by atoms with Gasteiger partial charge in [0.15, 0.2) is 11.5 Å². The molecule has 6 heteroatoms. The maximum Gasteiger partial charge on any atom is 0.281 e. The van der Waals surface area contributed by atoms with Crippen molar-refractivity contribution < 1.29 is 14.3 Å². The molecule has 0 radical (unpaired) electrons. The highest BCUT2D eigenvalue weighted by Crippen LogP contribution is 2.36. The van der Waals surface area contributed by atoms with Crippen LogP contribution in [0.2, 0.25) is 0 Å². The van der Waals surface area contributed by atoms with Gasteiger partial charge in [-0.25, -0.2) is 0 Å². The molecule has 0 saturated carbocycles. The molecular formula is C34H29BrN2O3. The van der Waals surface area contributed by atoms with Gasteiger partial charge in [-0.05, 0) is 66.9 Å². The molecule has 0 aliphatic carbocycles. The van der Waals surface area contributed by atoms with Gasteiger partial charge in [0.2, 0.25) is 0 Å². The summed E-state index contributed by atoms with van der Waals surface area (Å²) in [5.74, 6) is 1.10. The lowest BCUT2D eigenvalue weighted by molar-refractivity contribution is -0.114. The van der Waals surface area contributed by atoms with Crippen LogP contribution in [-0.2, 0) is 17.8 Å². The topological polar surface area (TPSA) is 51.1 Å². The maximum atomic E-state index is 13.7. The minimum atomic E-state index is -0.191. The van der Waals surface area contributed by atoms with Crippen molar-refractivity contribution in [3.8, 4) is 11.5 Å². The number of nitrogens with zero attached hydrogens (tertiary/aromatic N) is 2. The lowest BCUT2D eigenvalue weighted by Crippen LogP contribution is -2.21. The molecule has 0 aromatic heterocycles. The van der Waals surface area contributed by atoms with Crippen LogP contribution < -0.4 is 14.5 Å². The SMILES string of the molecule is C=CCc1cc(/C=C2\C(=O)N(c3ccccc3)N=C2c2ccccc2)cc(OCC)c1OCc1ccc(Br)cc1. The molecule has 5 nitrogen and oxygen atoms in total. The third kappa shape index (κ3) is 6.08. The summed E-state index contributed by atoms with van der Waals surface area (Å²) < 4.78 is 13.4. The molecule has 0 fully saturated rings. The first kappa shape index (κ1) is 27.2. The van der Waals surface area contributed by atoms with Crippen molar-refractivity contribution in [2.45, 2.75) is 20.0 Å². The zero-order valence-electron chi connectivity index (χ0n) is 22.2. The van der Waals surface area contributed by atoms with E-state index in [1.165, 1.54) is 5.01 Å². The van der Waals surface area contributed by atoms with Gasteiger partial charge >= 0.3 is 0 Å². The molecule has 0 unspecified atom stereocenters. The van der Waals surface area contributed by atoms with Gasteiger partial charge < -0.3 is 9.47 Å². The standard InChI is InChI=1S/C34H29BrN2O3/c1-3-11-27-20-25(22-31(39-4-2)33(27)40-23-24-16-18-28(35)19-17-24)21-30-32(26-12-7-5-8-13-26)36-37(34(30)38)29-14-9-6-10-15-29/h3,5-10,12-22H,1,4,11,23H2,2H3/b30-21-. The number of rotatable bonds is 10. The van der Waals surface area contributed by atoms with Crippen molar-refractivity contribution in [2.24, 2.45) is 5.10 Å². The summed E-state index contributed by atoms with van der Waals surface area (Å²) in [4.78, 5) is 13.7. The first-order chi connectivity index (χ1) is 19.6. The van der Waals surface area contributed by atoms with Gasteiger partial charge in [0.1, 0.15) is 12.3 Å². The fraction of sp³-hybridized carbons (Fsp3) is 0.118. The molecule has 5 rings (SSSR count). The first-order valence-electron chi connectivity index (χ1n) is 13.1. The van der Waals surface area contributed by atoms with Crippen molar-refractivity contribution in [3.63, 3.8) is 0 Å². The molecule has 0 atom stereocenters. The summed E-state index contributed by atoms with van der Waals surface area (Å²) in [6.45, 7) is 6.75. The van der Waals surface area contributed by atoms with E-state index in [0.717, 1.165) is 26.7 Å². The number of hydrogen-bond donors (Lipinski definition) is 0. The second-order valence-corrected chi connectivity index (χ2v) is 10.1. The summed E-state index contributed by atoms with van der Waals surface area (Å²) in [6, 6.07) is 31.2. The van der Waals surface area contributed by atoms with Crippen LogP contribution in [-0.4, -0.2) is 18.2 Å². The van der Waals surface area contributed by atoms with Crippen LogP contribution in [0.5, 0.6) is 11.5 Å². The van der Waals surface area contributed by atoms with Crippen molar-refractivity contribution in [2.75, 3.05) is 11.6 Å². The Labute approximate surface area is 243 Å². The van der Waals surface area contributed by atoms with E-state index in [2.05, 4.69) is 22.5 Å². The Morgan fingerprint density at radius 1 is 0.925 bits per heavy atom. The van der Waals surface area contributed by atoms with Gasteiger partial charge in [-0.2, -0.15) is 10.1 Å². The number of halogens is 1. The lowest BCUT2D eigenvalue weighted by Gasteiger charge is -2.17. The van der Waals surface area contributed by atoms with Crippen LogP contribution in [0.4, 0.5) is 5.69 Å². The van der Waals surface area contributed by atoms with Gasteiger partial charge in [-0.15, -0.1) is 6.58 Å². The number of ether oxygens (including phenoxy) is 2. The molecule has 0 saturated heterocycles. The number of benzene rings is 4. The number of amides is 1. The molecule has 0 N–H and O–H groups in total. The van der Waals surface area contributed by atoms with Crippen molar-refractivity contribution >= 4 is 39.3 Å². The lowest BCUT2D eigenvalue weighted by atomic mass is 9.98. The quantitative estimate of drug-likeness (QED) is 0.138. The van der Waals surface area contributed by atoms with E-state index in [0.29, 0.717) is 48.1 Å². The van der Waals surface area contributed by atoms with Crippen LogP contribution in [0.25, 0.3) is 6.08 Å². The van der Waals surface area contributed by atoms with Gasteiger partial charge in [0, 0.05) is 15.6 Å². The van der Waals surface area contributed by atoms with E-state index in [4.69, 9.17) is 14.6 Å². The molecule has 200 valence electrons. The zero-order valence-corrected chi connectivity index (χ0v) is 23.8. The van der Waals surface area contributed by atoms with E-state index >= 15 is 0 Å². The van der Waals surface area contributed by atoms with Gasteiger partial charge in [0.25, 0.3) is 5.91 Å². The minimum absolute atomic E-state index is 0.191. The van der Waals surface area contributed by atoms with E-state index in [1.54, 1.807) is 0 Å². The number of carbonyl (C=O) groups is 1. The molecule has 0 spiro atoms. The van der Waals surface area contributed by atoms with Gasteiger partial charge in [-0.3, -0.25) is 4.79 Å². The van der Waals surface area contributed by atoms with Gasteiger partial charge in [0.05, 0.1) is 17.9 Å². The molecule has 4 aromatic carbocycles. The zero-order chi connectivity index (χ0) is 27.9. The Bertz CT molecular complexity index is 1560. The van der Waals surface area contributed by atoms with E-state index in [-0.39, 0.29) is 5.91 Å². The third-order valence-electron chi connectivity index (χ3n) is 6.35. The molecular weight excluding hydrogens is 564 g/mol. The highest BCUT2D eigenvalue weighted by Gasteiger charge is 2.32. The fourth-order valence-corrected chi connectivity index (χ4v) is 4.77. The smallest absolute Gasteiger partial charge is 0.281 e. The highest BCUT2D eigenvalue weighted by molar-refractivity contribution is 9.10. The average molecular weight is 594 g/mol. The maximum absolute atomic E-state index is 13.7. The van der Waals surface area contributed by atoms with Crippen molar-refractivity contribution in [3.05, 3.63) is 142 Å². The molecule has 4 aromatic rings. The third-order valence-corrected chi connectivity index (χ3v) is 6.88. The minimum Gasteiger partial charge on any atom is -0.490 e. The summed E-state index contributed by atoms with van der Waals surface area (Å²) in [7, 11) is 0. The Kier molecular flexibility index (Phi) is 8.57. The van der Waals surface area contributed by atoms with Crippen LogP contribution in [0.15, 0.2) is 125 Å². The molecule has 1 aliphatic rings. The number of hydrogen-bond acceptors (Lipinski definition) is 4. The number of carbonyl (C=O) groups excluding carboxylic acids is 1. The summed E-state index contributed by atoms with van der Waals surface area (Å²) in [6.07, 6.45) is 4.30. The molecule has 1 heterocycles.